The standard InChI is InChI=1S/C9H13N3O2/c1-2-14-6-8-5-7(3-4-11-8)9(10)12-13/h3-5,13H,2,6H2,1H3,(H2,10,12). The van der Waals surface area contributed by atoms with E-state index in [9.17, 15) is 0 Å². The monoisotopic (exact) mass is 195 g/mol. The molecule has 14 heavy (non-hydrogen) atoms. The summed E-state index contributed by atoms with van der Waals surface area (Å²) in [7, 11) is 0. The van der Waals surface area contributed by atoms with Crippen LogP contribution in [-0.2, 0) is 11.3 Å². The van der Waals surface area contributed by atoms with Gasteiger partial charge in [-0.15, -0.1) is 0 Å². The zero-order valence-electron chi connectivity index (χ0n) is 7.97. The molecule has 0 amide bonds. The predicted octanol–water partition coefficient (Wildman–Crippen LogP) is 0.713. The lowest BCUT2D eigenvalue weighted by Crippen LogP contribution is -2.13. The van der Waals surface area contributed by atoms with Crippen molar-refractivity contribution in [1.29, 1.82) is 0 Å². The predicted molar refractivity (Wildman–Crippen MR) is 52.1 cm³/mol. The minimum atomic E-state index is 0.0742. The van der Waals surface area contributed by atoms with Crippen LogP contribution in [0, 0.1) is 0 Å². The van der Waals surface area contributed by atoms with Crippen molar-refractivity contribution in [1.82, 2.24) is 4.98 Å². The summed E-state index contributed by atoms with van der Waals surface area (Å²) in [5.41, 5.74) is 6.82. The molecule has 5 nitrogen and oxygen atoms in total. The van der Waals surface area contributed by atoms with E-state index in [0.717, 1.165) is 5.69 Å². The maximum atomic E-state index is 8.47. The van der Waals surface area contributed by atoms with Gasteiger partial charge in [-0.1, -0.05) is 5.16 Å². The van der Waals surface area contributed by atoms with Gasteiger partial charge in [-0.25, -0.2) is 0 Å². The first-order chi connectivity index (χ1) is 6.77. The summed E-state index contributed by atoms with van der Waals surface area (Å²) in [5.74, 6) is 0.0742. The molecule has 0 spiro atoms. The van der Waals surface area contributed by atoms with E-state index >= 15 is 0 Å². The lowest BCUT2D eigenvalue weighted by Gasteiger charge is -2.02. The van der Waals surface area contributed by atoms with Gasteiger partial charge in [-0.05, 0) is 19.1 Å². The summed E-state index contributed by atoms with van der Waals surface area (Å²) in [4.78, 5) is 4.08. The van der Waals surface area contributed by atoms with Crippen molar-refractivity contribution < 1.29 is 9.94 Å². The average Bonchev–Trinajstić information content (AvgIpc) is 2.25. The number of nitrogens with zero attached hydrogens (tertiary/aromatic N) is 2. The molecule has 0 atom stereocenters. The molecule has 1 aromatic rings. The highest BCUT2D eigenvalue weighted by atomic mass is 16.5. The molecule has 5 heteroatoms. The Morgan fingerprint density at radius 2 is 2.50 bits per heavy atom. The first-order valence-corrected chi connectivity index (χ1v) is 4.28. The molecular weight excluding hydrogens is 182 g/mol. The van der Waals surface area contributed by atoms with Gasteiger partial charge in [0.2, 0.25) is 0 Å². The number of rotatable bonds is 4. The highest BCUT2D eigenvalue weighted by Gasteiger charge is 2.01. The van der Waals surface area contributed by atoms with E-state index in [2.05, 4.69) is 10.1 Å². The normalized spacial score (nSPS) is 11.6. The molecule has 0 saturated heterocycles. The summed E-state index contributed by atoms with van der Waals surface area (Å²) in [6.45, 7) is 2.98. The number of oxime groups is 1. The van der Waals surface area contributed by atoms with Crippen molar-refractivity contribution in [2.75, 3.05) is 6.61 Å². The zero-order chi connectivity index (χ0) is 10.4. The molecule has 0 aliphatic carbocycles. The fraction of sp³-hybridized carbons (Fsp3) is 0.333. The van der Waals surface area contributed by atoms with Gasteiger partial charge in [0.1, 0.15) is 0 Å². The van der Waals surface area contributed by atoms with E-state index in [1.54, 1.807) is 18.3 Å². The summed E-state index contributed by atoms with van der Waals surface area (Å²) in [6.07, 6.45) is 1.60. The molecule has 0 bridgehead atoms. The highest BCUT2D eigenvalue weighted by molar-refractivity contribution is 5.96. The Labute approximate surface area is 82.2 Å². The van der Waals surface area contributed by atoms with Crippen molar-refractivity contribution in [2.24, 2.45) is 10.9 Å². The number of hydrogen-bond acceptors (Lipinski definition) is 4. The van der Waals surface area contributed by atoms with Crippen LogP contribution in [0.2, 0.25) is 0 Å². The molecule has 1 aromatic heterocycles. The first-order valence-electron chi connectivity index (χ1n) is 4.28. The van der Waals surface area contributed by atoms with Gasteiger partial charge >= 0.3 is 0 Å². The van der Waals surface area contributed by atoms with Crippen LogP contribution in [0.5, 0.6) is 0 Å². The zero-order valence-corrected chi connectivity index (χ0v) is 7.97. The second-order valence-electron chi connectivity index (χ2n) is 2.66. The largest absolute Gasteiger partial charge is 0.409 e. The third kappa shape index (κ3) is 2.70. The fourth-order valence-corrected chi connectivity index (χ4v) is 0.981. The van der Waals surface area contributed by atoms with E-state index in [1.165, 1.54) is 0 Å². The maximum Gasteiger partial charge on any atom is 0.170 e. The Bertz CT molecular complexity index is 326. The van der Waals surface area contributed by atoms with Gasteiger partial charge in [0, 0.05) is 18.4 Å². The molecule has 0 aliphatic heterocycles. The Hall–Kier alpha value is -1.62. The molecule has 1 rings (SSSR count). The Morgan fingerprint density at radius 1 is 1.71 bits per heavy atom. The van der Waals surface area contributed by atoms with Crippen LogP contribution in [0.4, 0.5) is 0 Å². The number of amidine groups is 1. The summed E-state index contributed by atoms with van der Waals surface area (Å²) in [6, 6.07) is 3.40. The SMILES string of the molecule is CCOCc1cc(/C(N)=N/O)ccn1. The Morgan fingerprint density at radius 3 is 3.14 bits per heavy atom. The van der Waals surface area contributed by atoms with Crippen molar-refractivity contribution in [3.05, 3.63) is 29.6 Å². The molecule has 76 valence electrons. The van der Waals surface area contributed by atoms with Gasteiger partial charge in [0.15, 0.2) is 5.84 Å². The minimum absolute atomic E-state index is 0.0742. The highest BCUT2D eigenvalue weighted by Crippen LogP contribution is 2.02. The first kappa shape index (κ1) is 10.5. The van der Waals surface area contributed by atoms with Crippen LogP contribution in [0.25, 0.3) is 0 Å². The number of ether oxygens (including phenoxy) is 1. The quantitative estimate of drug-likeness (QED) is 0.321. The van der Waals surface area contributed by atoms with E-state index in [0.29, 0.717) is 18.8 Å². The molecule has 0 fully saturated rings. The second kappa shape index (κ2) is 5.18. The number of nitrogens with two attached hydrogens (primary N) is 1. The van der Waals surface area contributed by atoms with Gasteiger partial charge < -0.3 is 15.7 Å². The topological polar surface area (TPSA) is 80.7 Å². The van der Waals surface area contributed by atoms with E-state index < -0.39 is 0 Å². The van der Waals surface area contributed by atoms with Crippen LogP contribution in [0.15, 0.2) is 23.5 Å². The third-order valence-electron chi connectivity index (χ3n) is 1.67. The van der Waals surface area contributed by atoms with Gasteiger partial charge in [-0.3, -0.25) is 4.98 Å². The fourth-order valence-electron chi connectivity index (χ4n) is 0.981. The van der Waals surface area contributed by atoms with Crippen molar-refractivity contribution in [3.63, 3.8) is 0 Å². The second-order valence-corrected chi connectivity index (χ2v) is 2.66. The third-order valence-corrected chi connectivity index (χ3v) is 1.67. The molecule has 0 unspecified atom stereocenters. The van der Waals surface area contributed by atoms with Crippen molar-refractivity contribution in [3.8, 4) is 0 Å². The maximum absolute atomic E-state index is 8.47. The molecule has 3 N–H and O–H groups in total. The van der Waals surface area contributed by atoms with E-state index in [4.69, 9.17) is 15.7 Å². The Kier molecular flexibility index (Phi) is 3.87. The number of aromatic nitrogens is 1. The van der Waals surface area contributed by atoms with Crippen LogP contribution in [0.1, 0.15) is 18.2 Å². The molecule has 0 aromatic carbocycles. The average molecular weight is 195 g/mol. The summed E-state index contributed by atoms with van der Waals surface area (Å²) < 4.78 is 5.18. The smallest absolute Gasteiger partial charge is 0.170 e. The molecule has 0 aliphatic rings. The lowest BCUT2D eigenvalue weighted by atomic mass is 10.2. The van der Waals surface area contributed by atoms with Crippen LogP contribution in [0.3, 0.4) is 0 Å². The van der Waals surface area contributed by atoms with Crippen LogP contribution >= 0.6 is 0 Å². The summed E-state index contributed by atoms with van der Waals surface area (Å²) >= 11 is 0. The van der Waals surface area contributed by atoms with Gasteiger partial charge in [0.05, 0.1) is 12.3 Å². The van der Waals surface area contributed by atoms with Crippen molar-refractivity contribution in [2.45, 2.75) is 13.5 Å². The van der Waals surface area contributed by atoms with Crippen LogP contribution in [-0.4, -0.2) is 22.6 Å². The van der Waals surface area contributed by atoms with Gasteiger partial charge in [-0.2, -0.15) is 0 Å². The van der Waals surface area contributed by atoms with Crippen LogP contribution < -0.4 is 5.73 Å². The summed E-state index contributed by atoms with van der Waals surface area (Å²) in [5, 5.41) is 11.4. The molecule has 0 saturated carbocycles. The van der Waals surface area contributed by atoms with E-state index in [1.807, 2.05) is 6.92 Å². The number of hydrogen-bond donors (Lipinski definition) is 2. The van der Waals surface area contributed by atoms with Crippen molar-refractivity contribution >= 4 is 5.84 Å². The molecule has 1 heterocycles. The molecule has 0 radical (unpaired) electrons. The number of pyridine rings is 1. The minimum Gasteiger partial charge on any atom is -0.409 e. The Balaban J connectivity index is 2.79. The van der Waals surface area contributed by atoms with Gasteiger partial charge in [0.25, 0.3) is 0 Å². The molecular formula is C9H13N3O2. The van der Waals surface area contributed by atoms with E-state index in [-0.39, 0.29) is 5.84 Å². The lowest BCUT2D eigenvalue weighted by molar-refractivity contribution is 0.131.